The van der Waals surface area contributed by atoms with E-state index >= 15 is 0 Å². The highest BCUT2D eigenvalue weighted by atomic mass is 16.5. The molecule has 0 radical (unpaired) electrons. The Morgan fingerprint density at radius 2 is 2.20 bits per heavy atom. The molecular formula is C11H12O4. The average Bonchev–Trinajstić information content (AvgIpc) is 2.13. The molecular weight excluding hydrogens is 196 g/mol. The van der Waals surface area contributed by atoms with Crippen molar-refractivity contribution in [1.29, 1.82) is 0 Å². The topological polar surface area (TPSA) is 66.8 Å². The molecule has 0 aromatic heterocycles. The molecule has 15 heavy (non-hydrogen) atoms. The van der Waals surface area contributed by atoms with Crippen LogP contribution >= 0.6 is 0 Å². The van der Waals surface area contributed by atoms with Gasteiger partial charge >= 0.3 is 5.97 Å². The minimum Gasteiger partial charge on any atom is -0.481 e. The monoisotopic (exact) mass is 208 g/mol. The van der Waals surface area contributed by atoms with Crippen LogP contribution in [0.5, 0.6) is 0 Å². The van der Waals surface area contributed by atoms with E-state index in [2.05, 4.69) is 0 Å². The van der Waals surface area contributed by atoms with Crippen molar-refractivity contribution in [2.24, 2.45) is 0 Å². The molecule has 1 aliphatic rings. The number of hydrogen-bond donors (Lipinski definition) is 2. The zero-order chi connectivity index (χ0) is 10.9. The lowest BCUT2D eigenvalue weighted by Gasteiger charge is -2.36. The molecule has 4 nitrogen and oxygen atoms in total. The van der Waals surface area contributed by atoms with E-state index < -0.39 is 11.6 Å². The molecule has 1 fully saturated rings. The van der Waals surface area contributed by atoms with Crippen molar-refractivity contribution in [2.75, 3.05) is 13.2 Å². The van der Waals surface area contributed by atoms with Gasteiger partial charge in [0.05, 0.1) is 19.6 Å². The number of aliphatic carboxylic acids is 1. The fraction of sp³-hybridized carbons (Fsp3) is 0.364. The minimum absolute atomic E-state index is 0.0230. The van der Waals surface area contributed by atoms with E-state index in [-0.39, 0.29) is 19.6 Å². The van der Waals surface area contributed by atoms with E-state index in [9.17, 15) is 9.90 Å². The van der Waals surface area contributed by atoms with E-state index in [1.807, 2.05) is 0 Å². The molecule has 2 N–H and O–H groups in total. The second kappa shape index (κ2) is 3.64. The number of carboxylic acid groups (broad SMARTS) is 1. The van der Waals surface area contributed by atoms with Gasteiger partial charge in [-0.1, -0.05) is 24.3 Å². The van der Waals surface area contributed by atoms with Crippen molar-refractivity contribution < 1.29 is 19.7 Å². The van der Waals surface area contributed by atoms with Crippen molar-refractivity contribution in [3.8, 4) is 0 Å². The van der Waals surface area contributed by atoms with Crippen molar-refractivity contribution in [3.05, 3.63) is 35.4 Å². The van der Waals surface area contributed by atoms with Gasteiger partial charge in [-0.2, -0.15) is 0 Å². The molecule has 0 spiro atoms. The molecule has 0 unspecified atom stereocenters. The number of benzene rings is 1. The maximum atomic E-state index is 10.5. The van der Waals surface area contributed by atoms with Gasteiger partial charge in [0.1, 0.15) is 5.60 Å². The van der Waals surface area contributed by atoms with Crippen LogP contribution in [0.1, 0.15) is 11.1 Å². The van der Waals surface area contributed by atoms with Crippen molar-refractivity contribution in [2.45, 2.75) is 12.0 Å². The number of carboxylic acids is 1. The standard InChI is InChI=1S/C11H12O4/c12-10(13)5-8-2-1-3-9(4-8)11(14)6-15-7-11/h1-4,14H,5-7H2,(H,12,13). The molecule has 80 valence electrons. The van der Waals surface area contributed by atoms with Crippen LogP contribution in [0.4, 0.5) is 0 Å². The Hall–Kier alpha value is -1.39. The first-order chi connectivity index (χ1) is 7.10. The maximum absolute atomic E-state index is 10.5. The van der Waals surface area contributed by atoms with Gasteiger partial charge in [-0.15, -0.1) is 0 Å². The molecule has 2 rings (SSSR count). The average molecular weight is 208 g/mol. The molecule has 1 aliphatic heterocycles. The smallest absolute Gasteiger partial charge is 0.307 e. The Labute approximate surface area is 87.1 Å². The summed E-state index contributed by atoms with van der Waals surface area (Å²) in [6, 6.07) is 6.99. The number of aliphatic hydroxyl groups is 1. The van der Waals surface area contributed by atoms with Gasteiger partial charge in [0.2, 0.25) is 0 Å². The Balaban J connectivity index is 2.22. The third kappa shape index (κ3) is 2.00. The third-order valence-electron chi connectivity index (χ3n) is 2.50. The van der Waals surface area contributed by atoms with E-state index in [0.29, 0.717) is 5.56 Å². The summed E-state index contributed by atoms with van der Waals surface area (Å²) < 4.78 is 4.95. The van der Waals surface area contributed by atoms with Gasteiger partial charge in [-0.05, 0) is 11.1 Å². The molecule has 1 saturated heterocycles. The van der Waals surface area contributed by atoms with Gasteiger partial charge in [-0.3, -0.25) is 4.79 Å². The van der Waals surface area contributed by atoms with Gasteiger partial charge < -0.3 is 14.9 Å². The molecule has 0 saturated carbocycles. The zero-order valence-electron chi connectivity index (χ0n) is 8.14. The molecule has 1 aromatic carbocycles. The first-order valence-electron chi connectivity index (χ1n) is 4.71. The molecule has 0 aliphatic carbocycles. The van der Waals surface area contributed by atoms with Crippen LogP contribution in [0.3, 0.4) is 0 Å². The van der Waals surface area contributed by atoms with Crippen LogP contribution in [-0.4, -0.2) is 29.4 Å². The zero-order valence-corrected chi connectivity index (χ0v) is 8.14. The SMILES string of the molecule is O=C(O)Cc1cccc(C2(O)COC2)c1. The number of carbonyl (C=O) groups is 1. The first kappa shape index (κ1) is 10.1. The van der Waals surface area contributed by atoms with E-state index in [0.717, 1.165) is 5.56 Å². The Morgan fingerprint density at radius 1 is 1.47 bits per heavy atom. The molecule has 1 heterocycles. The predicted octanol–water partition coefficient (Wildman–Crippen LogP) is 0.532. The predicted molar refractivity (Wildman–Crippen MR) is 52.5 cm³/mol. The summed E-state index contributed by atoms with van der Waals surface area (Å²) >= 11 is 0. The van der Waals surface area contributed by atoms with E-state index in [4.69, 9.17) is 9.84 Å². The Kier molecular flexibility index (Phi) is 2.46. The second-order valence-electron chi connectivity index (χ2n) is 3.80. The molecule has 4 heteroatoms. The van der Waals surface area contributed by atoms with E-state index in [1.54, 1.807) is 24.3 Å². The highest BCUT2D eigenvalue weighted by Crippen LogP contribution is 2.29. The van der Waals surface area contributed by atoms with Gasteiger partial charge in [0.15, 0.2) is 0 Å². The second-order valence-corrected chi connectivity index (χ2v) is 3.80. The number of hydrogen-bond acceptors (Lipinski definition) is 3. The normalized spacial score (nSPS) is 18.2. The lowest BCUT2D eigenvalue weighted by Crippen LogP contribution is -2.46. The van der Waals surface area contributed by atoms with Crippen molar-refractivity contribution in [3.63, 3.8) is 0 Å². The Morgan fingerprint density at radius 3 is 2.73 bits per heavy atom. The summed E-state index contributed by atoms with van der Waals surface area (Å²) in [5.41, 5.74) is 0.502. The van der Waals surface area contributed by atoms with Crippen LogP contribution in [0.2, 0.25) is 0 Å². The number of ether oxygens (including phenoxy) is 1. The van der Waals surface area contributed by atoms with Crippen LogP contribution in [0, 0.1) is 0 Å². The lowest BCUT2D eigenvalue weighted by atomic mass is 9.90. The molecule has 1 aromatic rings. The molecule has 0 amide bonds. The van der Waals surface area contributed by atoms with Crippen LogP contribution in [-0.2, 0) is 21.6 Å². The highest BCUT2D eigenvalue weighted by Gasteiger charge is 2.37. The minimum atomic E-state index is -0.922. The van der Waals surface area contributed by atoms with Gasteiger partial charge in [-0.25, -0.2) is 0 Å². The highest BCUT2D eigenvalue weighted by molar-refractivity contribution is 5.70. The van der Waals surface area contributed by atoms with E-state index in [1.165, 1.54) is 0 Å². The summed E-state index contributed by atoms with van der Waals surface area (Å²) in [4.78, 5) is 10.5. The lowest BCUT2D eigenvalue weighted by molar-refractivity contribution is -0.184. The molecule has 0 atom stereocenters. The Bertz CT molecular complexity index is 382. The fourth-order valence-electron chi connectivity index (χ4n) is 1.61. The summed E-state index contributed by atoms with van der Waals surface area (Å²) in [6.07, 6.45) is -0.0230. The molecule has 0 bridgehead atoms. The summed E-state index contributed by atoms with van der Waals surface area (Å²) in [6.45, 7) is 0.563. The van der Waals surface area contributed by atoms with Crippen LogP contribution in [0.25, 0.3) is 0 Å². The van der Waals surface area contributed by atoms with Crippen molar-refractivity contribution >= 4 is 5.97 Å². The third-order valence-corrected chi connectivity index (χ3v) is 2.50. The largest absolute Gasteiger partial charge is 0.481 e. The summed E-state index contributed by atoms with van der Waals surface area (Å²) in [7, 11) is 0. The number of rotatable bonds is 3. The van der Waals surface area contributed by atoms with Crippen LogP contribution in [0.15, 0.2) is 24.3 Å². The van der Waals surface area contributed by atoms with Gasteiger partial charge in [0, 0.05) is 0 Å². The quantitative estimate of drug-likeness (QED) is 0.760. The van der Waals surface area contributed by atoms with Crippen molar-refractivity contribution in [1.82, 2.24) is 0 Å². The summed E-state index contributed by atoms with van der Waals surface area (Å²) in [5.74, 6) is -0.871. The fourth-order valence-corrected chi connectivity index (χ4v) is 1.61. The summed E-state index contributed by atoms with van der Waals surface area (Å²) in [5, 5.41) is 18.6. The first-order valence-corrected chi connectivity index (χ1v) is 4.71. The van der Waals surface area contributed by atoms with Crippen LogP contribution < -0.4 is 0 Å². The maximum Gasteiger partial charge on any atom is 0.307 e. The van der Waals surface area contributed by atoms with Gasteiger partial charge in [0.25, 0.3) is 0 Å².